The van der Waals surface area contributed by atoms with Crippen LogP contribution in [0, 0.1) is 11.8 Å². The average molecular weight is 246 g/mol. The molecule has 2 aliphatic heterocycles. The van der Waals surface area contributed by atoms with Crippen molar-refractivity contribution in [2.75, 3.05) is 25.1 Å². The fourth-order valence-electron chi connectivity index (χ4n) is 2.65. The van der Waals surface area contributed by atoms with Gasteiger partial charge in [-0.25, -0.2) is 0 Å². The van der Waals surface area contributed by atoms with Gasteiger partial charge in [0, 0.05) is 18.8 Å². The van der Waals surface area contributed by atoms with Gasteiger partial charge in [0.25, 0.3) is 0 Å². The first kappa shape index (κ1) is 11.1. The molecule has 2 saturated heterocycles. The number of carbonyl (C=O) groups is 2. The molecule has 1 aromatic rings. The summed E-state index contributed by atoms with van der Waals surface area (Å²) in [7, 11) is 1.62. The van der Waals surface area contributed by atoms with Crippen LogP contribution in [-0.4, -0.2) is 32.0 Å². The zero-order chi connectivity index (χ0) is 12.7. The van der Waals surface area contributed by atoms with E-state index < -0.39 is 0 Å². The molecule has 0 unspecified atom stereocenters. The van der Waals surface area contributed by atoms with Crippen LogP contribution in [0.2, 0.25) is 0 Å². The molecule has 2 fully saturated rings. The van der Waals surface area contributed by atoms with Crippen molar-refractivity contribution in [2.24, 2.45) is 11.8 Å². The molecule has 0 aliphatic carbocycles. The Balaban J connectivity index is 1.79. The summed E-state index contributed by atoms with van der Waals surface area (Å²) in [4.78, 5) is 25.2. The van der Waals surface area contributed by atoms with E-state index in [1.807, 2.05) is 24.3 Å². The van der Waals surface area contributed by atoms with Crippen molar-refractivity contribution >= 4 is 17.5 Å². The Bertz CT molecular complexity index is 475. The molecule has 3 rings (SSSR count). The van der Waals surface area contributed by atoms with Crippen LogP contribution < -0.4 is 15.0 Å². The molecule has 2 atom stereocenters. The number of benzene rings is 1. The first-order valence-corrected chi connectivity index (χ1v) is 5.93. The van der Waals surface area contributed by atoms with Crippen molar-refractivity contribution in [1.82, 2.24) is 5.32 Å². The number of nitrogens with zero attached hydrogens (tertiary/aromatic N) is 1. The minimum Gasteiger partial charge on any atom is -0.497 e. The fourth-order valence-corrected chi connectivity index (χ4v) is 2.65. The molecule has 18 heavy (non-hydrogen) atoms. The summed E-state index contributed by atoms with van der Waals surface area (Å²) in [6, 6.07) is 7.65. The van der Waals surface area contributed by atoms with Crippen molar-refractivity contribution in [3.05, 3.63) is 24.3 Å². The second kappa shape index (κ2) is 4.01. The van der Waals surface area contributed by atoms with Gasteiger partial charge in [-0.3, -0.25) is 14.9 Å². The van der Waals surface area contributed by atoms with E-state index in [1.165, 1.54) is 0 Å². The van der Waals surface area contributed by atoms with Crippen LogP contribution in [0.5, 0.6) is 5.75 Å². The van der Waals surface area contributed by atoms with Crippen molar-refractivity contribution in [1.29, 1.82) is 0 Å². The molecule has 2 amide bonds. The third-order valence-corrected chi connectivity index (χ3v) is 3.68. The Hall–Kier alpha value is -2.04. The number of hydrogen-bond donors (Lipinski definition) is 1. The zero-order valence-electron chi connectivity index (χ0n) is 10.1. The second-order valence-electron chi connectivity index (χ2n) is 4.67. The molecule has 2 heterocycles. The van der Waals surface area contributed by atoms with Crippen LogP contribution in [0.3, 0.4) is 0 Å². The number of imide groups is 1. The SMILES string of the molecule is COc1ccc(N2C[C@@H]3C(=O)NC(=O)[C@@H]3C2)cc1. The highest BCUT2D eigenvalue weighted by Gasteiger charge is 2.47. The second-order valence-corrected chi connectivity index (χ2v) is 4.67. The number of nitrogens with one attached hydrogen (secondary N) is 1. The molecule has 94 valence electrons. The fraction of sp³-hybridized carbons (Fsp3) is 0.385. The molecular formula is C13H14N2O3. The summed E-state index contributed by atoms with van der Waals surface area (Å²) in [5, 5.41) is 2.38. The lowest BCUT2D eigenvalue weighted by molar-refractivity contribution is -0.126. The summed E-state index contributed by atoms with van der Waals surface area (Å²) in [6.45, 7) is 1.21. The zero-order valence-corrected chi connectivity index (χ0v) is 10.1. The minimum atomic E-state index is -0.195. The van der Waals surface area contributed by atoms with Crippen LogP contribution in [0.1, 0.15) is 0 Å². The first-order valence-electron chi connectivity index (χ1n) is 5.93. The highest BCUT2D eigenvalue weighted by molar-refractivity contribution is 6.06. The maximum absolute atomic E-state index is 11.6. The van der Waals surface area contributed by atoms with Gasteiger partial charge in [-0.1, -0.05) is 0 Å². The summed E-state index contributed by atoms with van der Waals surface area (Å²) in [6.07, 6.45) is 0. The lowest BCUT2D eigenvalue weighted by Gasteiger charge is -2.19. The molecule has 0 spiro atoms. The van der Waals surface area contributed by atoms with Gasteiger partial charge in [-0.15, -0.1) is 0 Å². The molecule has 0 bridgehead atoms. The lowest BCUT2D eigenvalue weighted by atomic mass is 10.00. The molecule has 0 aromatic heterocycles. The maximum Gasteiger partial charge on any atom is 0.232 e. The van der Waals surface area contributed by atoms with E-state index in [4.69, 9.17) is 4.74 Å². The maximum atomic E-state index is 11.6. The monoisotopic (exact) mass is 246 g/mol. The Labute approximate surface area is 105 Å². The number of fused-ring (bicyclic) bond motifs is 1. The summed E-state index contributed by atoms with van der Waals surface area (Å²) in [5.74, 6) is 0.133. The van der Waals surface area contributed by atoms with Gasteiger partial charge in [0.2, 0.25) is 11.8 Å². The van der Waals surface area contributed by atoms with E-state index in [0.717, 1.165) is 11.4 Å². The molecule has 5 heteroatoms. The number of hydrogen-bond acceptors (Lipinski definition) is 4. The normalized spacial score (nSPS) is 26.2. The largest absolute Gasteiger partial charge is 0.497 e. The molecule has 1 aromatic carbocycles. The van der Waals surface area contributed by atoms with Gasteiger partial charge in [-0.2, -0.15) is 0 Å². The predicted octanol–water partition coefficient (Wildman–Crippen LogP) is 0.404. The number of ether oxygens (including phenoxy) is 1. The molecule has 0 saturated carbocycles. The smallest absolute Gasteiger partial charge is 0.232 e. The molecule has 1 N–H and O–H groups in total. The van der Waals surface area contributed by atoms with Gasteiger partial charge >= 0.3 is 0 Å². The minimum absolute atomic E-state index is 0.138. The Kier molecular flexibility index (Phi) is 2.47. The number of carbonyl (C=O) groups excluding carboxylic acids is 2. The number of amides is 2. The van der Waals surface area contributed by atoms with Gasteiger partial charge in [0.15, 0.2) is 0 Å². The van der Waals surface area contributed by atoms with E-state index >= 15 is 0 Å². The van der Waals surface area contributed by atoms with Crippen LogP contribution in [-0.2, 0) is 9.59 Å². The molecule has 5 nitrogen and oxygen atoms in total. The quantitative estimate of drug-likeness (QED) is 0.768. The van der Waals surface area contributed by atoms with Crippen molar-refractivity contribution in [2.45, 2.75) is 0 Å². The van der Waals surface area contributed by atoms with Crippen molar-refractivity contribution in [3.63, 3.8) is 0 Å². The molecular weight excluding hydrogens is 232 g/mol. The van der Waals surface area contributed by atoms with Gasteiger partial charge in [-0.05, 0) is 24.3 Å². The van der Waals surface area contributed by atoms with Gasteiger partial charge in [0.1, 0.15) is 5.75 Å². The van der Waals surface area contributed by atoms with Crippen LogP contribution >= 0.6 is 0 Å². The van der Waals surface area contributed by atoms with E-state index in [0.29, 0.717) is 13.1 Å². The highest BCUT2D eigenvalue weighted by Crippen LogP contribution is 2.32. The Morgan fingerprint density at radius 1 is 1.11 bits per heavy atom. The molecule has 0 radical (unpaired) electrons. The topological polar surface area (TPSA) is 58.6 Å². The highest BCUT2D eigenvalue weighted by atomic mass is 16.5. The predicted molar refractivity (Wildman–Crippen MR) is 65.3 cm³/mol. The standard InChI is InChI=1S/C13H14N2O3/c1-18-9-4-2-8(3-5-9)15-6-10-11(7-15)13(17)14-12(10)16/h2-5,10-11H,6-7H2,1H3,(H,14,16,17)/t10-,11+. The number of rotatable bonds is 2. The number of anilines is 1. The average Bonchev–Trinajstić information content (AvgIpc) is 2.93. The van der Waals surface area contributed by atoms with Gasteiger partial charge < -0.3 is 9.64 Å². The number of methoxy groups -OCH3 is 1. The summed E-state index contributed by atoms with van der Waals surface area (Å²) in [5.41, 5.74) is 1.02. The third kappa shape index (κ3) is 1.63. The van der Waals surface area contributed by atoms with E-state index in [-0.39, 0.29) is 23.7 Å². The van der Waals surface area contributed by atoms with E-state index in [2.05, 4.69) is 10.2 Å². The van der Waals surface area contributed by atoms with E-state index in [1.54, 1.807) is 7.11 Å². The third-order valence-electron chi connectivity index (χ3n) is 3.68. The first-order chi connectivity index (χ1) is 8.69. The van der Waals surface area contributed by atoms with Crippen LogP contribution in [0.15, 0.2) is 24.3 Å². The molecule has 2 aliphatic rings. The van der Waals surface area contributed by atoms with Gasteiger partial charge in [0.05, 0.1) is 18.9 Å². The van der Waals surface area contributed by atoms with Crippen LogP contribution in [0.25, 0.3) is 0 Å². The Morgan fingerprint density at radius 3 is 2.17 bits per heavy atom. The van der Waals surface area contributed by atoms with Crippen molar-refractivity contribution in [3.8, 4) is 5.75 Å². The summed E-state index contributed by atoms with van der Waals surface area (Å²) < 4.78 is 5.10. The summed E-state index contributed by atoms with van der Waals surface area (Å²) >= 11 is 0. The van der Waals surface area contributed by atoms with E-state index in [9.17, 15) is 9.59 Å². The lowest BCUT2D eigenvalue weighted by Crippen LogP contribution is -2.31. The van der Waals surface area contributed by atoms with Crippen LogP contribution in [0.4, 0.5) is 5.69 Å². The van der Waals surface area contributed by atoms with Crippen molar-refractivity contribution < 1.29 is 14.3 Å². The Morgan fingerprint density at radius 2 is 1.67 bits per heavy atom.